The van der Waals surface area contributed by atoms with Gasteiger partial charge in [-0.2, -0.15) is 0 Å². The Kier molecular flexibility index (Phi) is 3.01. The first-order valence-corrected chi connectivity index (χ1v) is 6.79. The highest BCUT2D eigenvalue weighted by Gasteiger charge is 2.51. The third kappa shape index (κ3) is 2.65. The van der Waals surface area contributed by atoms with Crippen LogP contribution in [-0.2, 0) is 4.79 Å². The first-order chi connectivity index (χ1) is 7.72. The molecule has 2 N–H and O–H groups in total. The Hall–Kier alpha value is -0.570. The van der Waals surface area contributed by atoms with E-state index in [9.17, 15) is 4.79 Å². The molecule has 0 radical (unpaired) electrons. The molecule has 1 atom stereocenters. The lowest BCUT2D eigenvalue weighted by Gasteiger charge is -2.48. The van der Waals surface area contributed by atoms with Crippen LogP contribution in [0.5, 0.6) is 0 Å². The summed E-state index contributed by atoms with van der Waals surface area (Å²) >= 11 is 0. The zero-order chi connectivity index (χ0) is 12.8. The van der Waals surface area contributed by atoms with E-state index < -0.39 is 0 Å². The summed E-state index contributed by atoms with van der Waals surface area (Å²) in [4.78, 5) is 14.0. The second-order valence-corrected chi connectivity index (χ2v) is 7.23. The SMILES string of the molecule is CC(CC(=O)N1CC(N)(C2CC2)C1)C(C)(C)C. The predicted octanol–water partition coefficient (Wildman–Crippen LogP) is 2.01. The first kappa shape index (κ1) is 12.9. The zero-order valence-electron chi connectivity index (χ0n) is 11.6. The van der Waals surface area contributed by atoms with Gasteiger partial charge in [0.05, 0.1) is 5.54 Å². The number of hydrogen-bond donors (Lipinski definition) is 1. The largest absolute Gasteiger partial charge is 0.339 e. The number of amides is 1. The van der Waals surface area contributed by atoms with Gasteiger partial charge >= 0.3 is 0 Å². The summed E-state index contributed by atoms with van der Waals surface area (Å²) in [5.74, 6) is 1.39. The molecule has 1 unspecified atom stereocenters. The molecule has 3 heteroatoms. The molecule has 0 bridgehead atoms. The van der Waals surface area contributed by atoms with Crippen LogP contribution in [0.15, 0.2) is 0 Å². The number of likely N-dealkylation sites (tertiary alicyclic amines) is 1. The van der Waals surface area contributed by atoms with E-state index in [2.05, 4.69) is 27.7 Å². The van der Waals surface area contributed by atoms with E-state index in [1.807, 2.05) is 4.90 Å². The highest BCUT2D eigenvalue weighted by Crippen LogP contribution is 2.43. The number of hydrogen-bond acceptors (Lipinski definition) is 2. The molecule has 1 heterocycles. The van der Waals surface area contributed by atoms with E-state index in [1.165, 1.54) is 12.8 Å². The molecular formula is C14H26N2O. The Balaban J connectivity index is 1.79. The van der Waals surface area contributed by atoms with Crippen LogP contribution < -0.4 is 5.73 Å². The van der Waals surface area contributed by atoms with Gasteiger partial charge in [0.1, 0.15) is 0 Å². The summed E-state index contributed by atoms with van der Waals surface area (Å²) in [6.07, 6.45) is 3.18. The molecule has 0 aromatic rings. The highest BCUT2D eigenvalue weighted by molar-refractivity contribution is 5.77. The van der Waals surface area contributed by atoms with Crippen LogP contribution >= 0.6 is 0 Å². The highest BCUT2D eigenvalue weighted by atomic mass is 16.2. The molecule has 1 amide bonds. The third-order valence-electron chi connectivity index (χ3n) is 4.67. The van der Waals surface area contributed by atoms with Gasteiger partial charge in [0.25, 0.3) is 0 Å². The second-order valence-electron chi connectivity index (χ2n) is 7.23. The van der Waals surface area contributed by atoms with Gasteiger partial charge in [-0.15, -0.1) is 0 Å². The molecule has 1 saturated heterocycles. The Morgan fingerprint density at radius 3 is 2.35 bits per heavy atom. The average molecular weight is 238 g/mol. The number of rotatable bonds is 3. The van der Waals surface area contributed by atoms with E-state index in [1.54, 1.807) is 0 Å². The summed E-state index contributed by atoms with van der Waals surface area (Å²) in [6, 6.07) is 0. The fourth-order valence-corrected chi connectivity index (χ4v) is 2.45. The van der Waals surface area contributed by atoms with Crippen LogP contribution in [0.25, 0.3) is 0 Å². The van der Waals surface area contributed by atoms with Crippen LogP contribution in [-0.4, -0.2) is 29.4 Å². The normalized spacial score (nSPS) is 25.4. The van der Waals surface area contributed by atoms with Gasteiger partial charge < -0.3 is 10.6 Å². The lowest BCUT2D eigenvalue weighted by molar-refractivity contribution is -0.141. The Bertz CT molecular complexity index is 309. The molecule has 2 rings (SSSR count). The molecule has 98 valence electrons. The minimum atomic E-state index is -0.0410. The lowest BCUT2D eigenvalue weighted by Crippen LogP contribution is -2.70. The van der Waals surface area contributed by atoms with Crippen LogP contribution in [0, 0.1) is 17.3 Å². The molecule has 0 spiro atoms. The fraction of sp³-hybridized carbons (Fsp3) is 0.929. The zero-order valence-corrected chi connectivity index (χ0v) is 11.6. The molecule has 1 saturated carbocycles. The standard InChI is InChI=1S/C14H26N2O/c1-10(13(2,3)4)7-12(17)16-8-14(15,9-16)11-5-6-11/h10-11H,5-9,15H2,1-4H3. The molecule has 2 fully saturated rings. The van der Waals surface area contributed by atoms with E-state index in [0.29, 0.717) is 18.3 Å². The maximum absolute atomic E-state index is 12.1. The summed E-state index contributed by atoms with van der Waals surface area (Å²) in [7, 11) is 0. The second kappa shape index (κ2) is 3.98. The van der Waals surface area contributed by atoms with Crippen LogP contribution in [0.2, 0.25) is 0 Å². The van der Waals surface area contributed by atoms with Crippen molar-refractivity contribution in [3.05, 3.63) is 0 Å². The molecule has 0 aromatic heterocycles. The summed E-state index contributed by atoms with van der Waals surface area (Å²) in [6.45, 7) is 10.3. The van der Waals surface area contributed by atoms with Crippen molar-refractivity contribution in [2.24, 2.45) is 23.0 Å². The Morgan fingerprint density at radius 1 is 1.41 bits per heavy atom. The number of nitrogens with two attached hydrogens (primary N) is 1. The lowest BCUT2D eigenvalue weighted by atomic mass is 9.79. The number of carbonyl (C=O) groups is 1. The summed E-state index contributed by atoms with van der Waals surface area (Å²) in [5, 5.41) is 0. The first-order valence-electron chi connectivity index (χ1n) is 6.79. The van der Waals surface area contributed by atoms with Crippen LogP contribution in [0.1, 0.15) is 47.0 Å². The van der Waals surface area contributed by atoms with Gasteiger partial charge in [0.2, 0.25) is 5.91 Å². The summed E-state index contributed by atoms with van der Waals surface area (Å²) in [5.41, 5.74) is 6.42. The van der Waals surface area contributed by atoms with E-state index in [4.69, 9.17) is 5.73 Å². The monoisotopic (exact) mass is 238 g/mol. The Morgan fingerprint density at radius 2 is 1.94 bits per heavy atom. The Labute approximate surface area is 105 Å². The quantitative estimate of drug-likeness (QED) is 0.817. The average Bonchev–Trinajstić information content (AvgIpc) is 2.93. The van der Waals surface area contributed by atoms with Crippen molar-refractivity contribution in [3.8, 4) is 0 Å². The van der Waals surface area contributed by atoms with Gasteiger partial charge in [-0.3, -0.25) is 4.79 Å². The van der Waals surface area contributed by atoms with Crippen molar-refractivity contribution in [1.29, 1.82) is 0 Å². The maximum atomic E-state index is 12.1. The fourth-order valence-electron chi connectivity index (χ4n) is 2.45. The molecule has 1 aliphatic carbocycles. The van der Waals surface area contributed by atoms with Crippen molar-refractivity contribution >= 4 is 5.91 Å². The summed E-state index contributed by atoms with van der Waals surface area (Å²) < 4.78 is 0. The number of nitrogens with zero attached hydrogens (tertiary/aromatic N) is 1. The third-order valence-corrected chi connectivity index (χ3v) is 4.67. The van der Waals surface area contributed by atoms with Gasteiger partial charge in [-0.1, -0.05) is 27.7 Å². The van der Waals surface area contributed by atoms with Crippen molar-refractivity contribution in [1.82, 2.24) is 4.90 Å². The number of carbonyl (C=O) groups excluding carboxylic acids is 1. The molecule has 0 aromatic carbocycles. The van der Waals surface area contributed by atoms with Gasteiger partial charge in [-0.25, -0.2) is 0 Å². The van der Waals surface area contributed by atoms with Crippen molar-refractivity contribution in [3.63, 3.8) is 0 Å². The van der Waals surface area contributed by atoms with E-state index >= 15 is 0 Å². The predicted molar refractivity (Wildman–Crippen MR) is 69.5 cm³/mol. The van der Waals surface area contributed by atoms with Crippen molar-refractivity contribution in [2.75, 3.05) is 13.1 Å². The minimum Gasteiger partial charge on any atom is -0.339 e. The van der Waals surface area contributed by atoms with Gasteiger partial charge in [-0.05, 0) is 30.1 Å². The minimum absolute atomic E-state index is 0.0410. The van der Waals surface area contributed by atoms with Crippen LogP contribution in [0.4, 0.5) is 0 Å². The van der Waals surface area contributed by atoms with Crippen LogP contribution in [0.3, 0.4) is 0 Å². The maximum Gasteiger partial charge on any atom is 0.222 e. The molecule has 17 heavy (non-hydrogen) atoms. The van der Waals surface area contributed by atoms with Gasteiger partial charge in [0.15, 0.2) is 0 Å². The molecule has 3 nitrogen and oxygen atoms in total. The smallest absolute Gasteiger partial charge is 0.222 e. The molecular weight excluding hydrogens is 212 g/mol. The van der Waals surface area contributed by atoms with E-state index in [-0.39, 0.29) is 16.9 Å². The van der Waals surface area contributed by atoms with Crippen molar-refractivity contribution < 1.29 is 4.79 Å². The van der Waals surface area contributed by atoms with E-state index in [0.717, 1.165) is 13.1 Å². The van der Waals surface area contributed by atoms with Gasteiger partial charge in [0, 0.05) is 19.5 Å². The van der Waals surface area contributed by atoms with Crippen molar-refractivity contribution in [2.45, 2.75) is 52.5 Å². The molecule has 1 aliphatic heterocycles. The topological polar surface area (TPSA) is 46.3 Å². The molecule has 2 aliphatic rings.